The van der Waals surface area contributed by atoms with Gasteiger partial charge in [0.05, 0.1) is 5.69 Å². The van der Waals surface area contributed by atoms with Gasteiger partial charge >= 0.3 is 0 Å². The fourth-order valence-electron chi connectivity index (χ4n) is 1.61. The number of oxazole rings is 1. The smallest absolute Gasteiger partial charge is 0.255 e. The predicted octanol–water partition coefficient (Wildman–Crippen LogP) is 3.64. The topological polar surface area (TPSA) is 26.0 Å². The lowest BCUT2D eigenvalue weighted by molar-refractivity contribution is 0.206. The first-order valence-electron chi connectivity index (χ1n) is 4.85. The molecule has 78 valence electrons. The van der Waals surface area contributed by atoms with Crippen LogP contribution in [-0.2, 0) is 0 Å². The SMILES string of the molecule is Cc1coc(SCC2(CBr)CCC2)n1. The number of hydrogen-bond acceptors (Lipinski definition) is 3. The van der Waals surface area contributed by atoms with Gasteiger partial charge in [-0.15, -0.1) is 0 Å². The van der Waals surface area contributed by atoms with Crippen LogP contribution in [0.3, 0.4) is 0 Å². The molecule has 4 heteroatoms. The molecule has 0 unspecified atom stereocenters. The van der Waals surface area contributed by atoms with Crippen molar-refractivity contribution in [3.63, 3.8) is 0 Å². The number of aryl methyl sites for hydroxylation is 1. The first-order chi connectivity index (χ1) is 6.74. The van der Waals surface area contributed by atoms with Crippen molar-refractivity contribution in [1.29, 1.82) is 0 Å². The van der Waals surface area contributed by atoms with E-state index in [0.717, 1.165) is 22.0 Å². The molecule has 2 rings (SSSR count). The summed E-state index contributed by atoms with van der Waals surface area (Å²) in [4.78, 5) is 4.29. The second-order valence-electron chi connectivity index (χ2n) is 4.03. The maximum Gasteiger partial charge on any atom is 0.255 e. The van der Waals surface area contributed by atoms with Gasteiger partial charge in [0, 0.05) is 11.1 Å². The predicted molar refractivity (Wildman–Crippen MR) is 62.0 cm³/mol. The molecule has 0 atom stereocenters. The molecule has 0 bridgehead atoms. The minimum Gasteiger partial charge on any atom is -0.440 e. The van der Waals surface area contributed by atoms with Crippen LogP contribution in [0, 0.1) is 12.3 Å². The van der Waals surface area contributed by atoms with Crippen molar-refractivity contribution in [3.8, 4) is 0 Å². The zero-order valence-corrected chi connectivity index (χ0v) is 10.7. The van der Waals surface area contributed by atoms with Crippen LogP contribution in [0.15, 0.2) is 15.9 Å². The molecule has 14 heavy (non-hydrogen) atoms. The van der Waals surface area contributed by atoms with Gasteiger partial charge in [-0.3, -0.25) is 0 Å². The second-order valence-corrected chi connectivity index (χ2v) is 5.52. The van der Waals surface area contributed by atoms with Gasteiger partial charge in [0.15, 0.2) is 0 Å². The van der Waals surface area contributed by atoms with E-state index in [9.17, 15) is 0 Å². The zero-order valence-electron chi connectivity index (χ0n) is 8.25. The molecule has 2 nitrogen and oxygen atoms in total. The van der Waals surface area contributed by atoms with Gasteiger partial charge in [0.25, 0.3) is 5.22 Å². The molecular formula is C10H14BrNOS. The minimum atomic E-state index is 0.507. The summed E-state index contributed by atoms with van der Waals surface area (Å²) in [5.74, 6) is 1.12. The first-order valence-corrected chi connectivity index (χ1v) is 6.96. The maximum atomic E-state index is 5.31. The van der Waals surface area contributed by atoms with Gasteiger partial charge in [0.2, 0.25) is 0 Å². The van der Waals surface area contributed by atoms with Crippen LogP contribution in [-0.4, -0.2) is 16.1 Å². The molecule has 1 aromatic rings. The van der Waals surface area contributed by atoms with Gasteiger partial charge in [-0.25, -0.2) is 4.98 Å². The van der Waals surface area contributed by atoms with Gasteiger partial charge in [-0.05, 0) is 25.2 Å². The van der Waals surface area contributed by atoms with E-state index in [1.165, 1.54) is 19.3 Å². The lowest BCUT2D eigenvalue weighted by Crippen LogP contribution is -2.33. The average molecular weight is 276 g/mol. The Balaban J connectivity index is 1.87. The van der Waals surface area contributed by atoms with E-state index >= 15 is 0 Å². The molecule has 0 N–H and O–H groups in total. The Morgan fingerprint density at radius 1 is 1.64 bits per heavy atom. The summed E-state index contributed by atoms with van der Waals surface area (Å²) < 4.78 is 5.31. The van der Waals surface area contributed by atoms with Gasteiger partial charge in [-0.2, -0.15) is 0 Å². The van der Waals surface area contributed by atoms with E-state index in [1.54, 1.807) is 18.0 Å². The van der Waals surface area contributed by atoms with Crippen molar-refractivity contribution >= 4 is 27.7 Å². The molecular weight excluding hydrogens is 262 g/mol. The monoisotopic (exact) mass is 275 g/mol. The van der Waals surface area contributed by atoms with Crippen molar-refractivity contribution in [2.75, 3.05) is 11.1 Å². The van der Waals surface area contributed by atoms with Gasteiger partial charge in [0.1, 0.15) is 6.26 Å². The highest BCUT2D eigenvalue weighted by Gasteiger charge is 2.36. The summed E-state index contributed by atoms with van der Waals surface area (Å²) >= 11 is 5.34. The number of nitrogens with zero attached hydrogens (tertiary/aromatic N) is 1. The van der Waals surface area contributed by atoms with Crippen molar-refractivity contribution in [3.05, 3.63) is 12.0 Å². The molecule has 0 saturated heterocycles. The van der Waals surface area contributed by atoms with Crippen LogP contribution in [0.4, 0.5) is 0 Å². The fourth-order valence-corrected chi connectivity index (χ4v) is 3.77. The van der Waals surface area contributed by atoms with E-state index in [-0.39, 0.29) is 0 Å². The Kier molecular flexibility index (Phi) is 3.22. The van der Waals surface area contributed by atoms with Crippen molar-refractivity contribution in [1.82, 2.24) is 4.98 Å². The van der Waals surface area contributed by atoms with E-state index in [0.29, 0.717) is 5.41 Å². The molecule has 0 spiro atoms. The van der Waals surface area contributed by atoms with Crippen molar-refractivity contribution < 1.29 is 4.42 Å². The lowest BCUT2D eigenvalue weighted by Gasteiger charge is -2.39. The lowest BCUT2D eigenvalue weighted by atomic mass is 9.72. The van der Waals surface area contributed by atoms with Gasteiger partial charge in [-0.1, -0.05) is 34.1 Å². The Hall–Kier alpha value is 0.0400. The van der Waals surface area contributed by atoms with E-state index in [1.807, 2.05) is 6.92 Å². The number of hydrogen-bond donors (Lipinski definition) is 0. The van der Waals surface area contributed by atoms with Crippen LogP contribution >= 0.6 is 27.7 Å². The molecule has 1 aromatic heterocycles. The molecule has 1 aliphatic carbocycles. The highest BCUT2D eigenvalue weighted by atomic mass is 79.9. The van der Waals surface area contributed by atoms with Crippen LogP contribution in [0.25, 0.3) is 0 Å². The van der Waals surface area contributed by atoms with Crippen LogP contribution in [0.1, 0.15) is 25.0 Å². The number of halogens is 1. The number of rotatable bonds is 4. The molecule has 0 amide bonds. The first kappa shape index (κ1) is 10.6. The average Bonchev–Trinajstić information content (AvgIpc) is 2.50. The van der Waals surface area contributed by atoms with Gasteiger partial charge < -0.3 is 4.42 Å². The molecule has 1 saturated carbocycles. The third-order valence-electron chi connectivity index (χ3n) is 2.80. The van der Waals surface area contributed by atoms with Crippen LogP contribution in [0.2, 0.25) is 0 Å². The molecule has 1 aliphatic rings. The van der Waals surface area contributed by atoms with Crippen LogP contribution in [0.5, 0.6) is 0 Å². The number of aromatic nitrogens is 1. The summed E-state index contributed by atoms with van der Waals surface area (Å²) in [7, 11) is 0. The summed E-state index contributed by atoms with van der Waals surface area (Å²) in [6, 6.07) is 0. The summed E-state index contributed by atoms with van der Waals surface area (Å²) in [5, 5.41) is 1.92. The Morgan fingerprint density at radius 3 is 2.86 bits per heavy atom. The second kappa shape index (κ2) is 4.27. The van der Waals surface area contributed by atoms with Crippen molar-refractivity contribution in [2.24, 2.45) is 5.41 Å². The fraction of sp³-hybridized carbons (Fsp3) is 0.700. The third kappa shape index (κ3) is 2.16. The maximum absolute atomic E-state index is 5.31. The van der Waals surface area contributed by atoms with E-state index in [4.69, 9.17) is 4.42 Å². The Bertz CT molecular complexity index is 303. The van der Waals surface area contributed by atoms with Crippen LogP contribution < -0.4 is 0 Å². The highest BCUT2D eigenvalue weighted by molar-refractivity contribution is 9.09. The molecule has 0 aromatic carbocycles. The number of thioether (sulfide) groups is 1. The van der Waals surface area contributed by atoms with E-state index < -0.39 is 0 Å². The summed E-state index contributed by atoms with van der Waals surface area (Å²) in [6.07, 6.45) is 5.76. The Labute approximate surface area is 97.0 Å². The minimum absolute atomic E-state index is 0.507. The van der Waals surface area contributed by atoms with E-state index in [2.05, 4.69) is 20.9 Å². The largest absolute Gasteiger partial charge is 0.440 e. The number of alkyl halides is 1. The molecule has 0 radical (unpaired) electrons. The summed E-state index contributed by atoms with van der Waals surface area (Å²) in [5.41, 5.74) is 1.47. The standard InChI is InChI=1S/C10H14BrNOS/c1-8-5-13-9(12-8)14-7-10(6-11)3-2-4-10/h5H,2-4,6-7H2,1H3. The zero-order chi connectivity index (χ0) is 10.0. The normalized spacial score (nSPS) is 19.3. The molecule has 0 aliphatic heterocycles. The van der Waals surface area contributed by atoms with Crippen molar-refractivity contribution in [2.45, 2.75) is 31.4 Å². The molecule has 1 fully saturated rings. The molecule has 1 heterocycles. The Morgan fingerprint density at radius 2 is 2.43 bits per heavy atom. The quantitative estimate of drug-likeness (QED) is 0.620. The highest BCUT2D eigenvalue weighted by Crippen LogP contribution is 2.45. The third-order valence-corrected chi connectivity index (χ3v) is 5.18. The summed E-state index contributed by atoms with van der Waals surface area (Å²) in [6.45, 7) is 1.96.